The molecule has 0 spiro atoms. The van der Waals surface area contributed by atoms with Crippen LogP contribution in [0.1, 0.15) is 11.8 Å². The van der Waals surface area contributed by atoms with Crippen LogP contribution >= 0.6 is 11.3 Å². The van der Waals surface area contributed by atoms with Crippen LogP contribution in [0.15, 0.2) is 12.1 Å². The molecule has 0 unspecified atom stereocenters. The largest absolute Gasteiger partial charge is 0.395 e. The molecule has 6 heteroatoms. The molecule has 0 saturated heterocycles. The van der Waals surface area contributed by atoms with Crippen molar-refractivity contribution in [2.45, 2.75) is 13.5 Å². The lowest BCUT2D eigenvalue weighted by Gasteiger charge is -2.17. The van der Waals surface area contributed by atoms with Crippen LogP contribution in [0.4, 0.5) is 5.00 Å². The molecule has 0 fully saturated rings. The van der Waals surface area contributed by atoms with Gasteiger partial charge in [0.2, 0.25) is 0 Å². The van der Waals surface area contributed by atoms with Crippen molar-refractivity contribution in [2.24, 2.45) is 0 Å². The van der Waals surface area contributed by atoms with E-state index in [4.69, 9.17) is 5.11 Å². The van der Waals surface area contributed by atoms with Crippen molar-refractivity contribution in [3.8, 4) is 0 Å². The molecular weight excluding hydrogens is 216 g/mol. The zero-order valence-corrected chi connectivity index (χ0v) is 9.37. The van der Waals surface area contributed by atoms with Gasteiger partial charge in [0, 0.05) is 24.0 Å². The fraction of sp³-hybridized carbons (Fsp3) is 0.556. The van der Waals surface area contributed by atoms with Crippen molar-refractivity contribution in [1.82, 2.24) is 4.90 Å². The highest BCUT2D eigenvalue weighted by molar-refractivity contribution is 7.15. The number of hydrogen-bond acceptors (Lipinski definition) is 5. The third-order valence-corrected chi connectivity index (χ3v) is 3.09. The Balaban J connectivity index is 2.59. The first kappa shape index (κ1) is 12.1. The summed E-state index contributed by atoms with van der Waals surface area (Å²) in [7, 11) is 0. The Morgan fingerprint density at radius 1 is 1.60 bits per heavy atom. The number of aliphatic hydroxyl groups excluding tert-OH is 1. The minimum atomic E-state index is -0.378. The fourth-order valence-electron chi connectivity index (χ4n) is 1.26. The third kappa shape index (κ3) is 3.58. The van der Waals surface area contributed by atoms with Crippen LogP contribution in [-0.2, 0) is 6.54 Å². The maximum Gasteiger partial charge on any atom is 0.324 e. The summed E-state index contributed by atoms with van der Waals surface area (Å²) < 4.78 is 0. The number of rotatable bonds is 6. The summed E-state index contributed by atoms with van der Waals surface area (Å²) in [5.41, 5.74) is 0. The average Bonchev–Trinajstić information content (AvgIpc) is 2.65. The molecule has 1 aromatic heterocycles. The summed E-state index contributed by atoms with van der Waals surface area (Å²) in [6, 6.07) is 3.29. The minimum Gasteiger partial charge on any atom is -0.395 e. The Morgan fingerprint density at radius 3 is 2.80 bits per heavy atom. The van der Waals surface area contributed by atoms with Gasteiger partial charge in [-0.2, -0.15) is 0 Å². The van der Waals surface area contributed by atoms with E-state index in [9.17, 15) is 10.1 Å². The molecular formula is C9H14N2O3S. The second kappa shape index (κ2) is 5.79. The van der Waals surface area contributed by atoms with Crippen LogP contribution in [0, 0.1) is 10.1 Å². The predicted molar refractivity (Wildman–Crippen MR) is 59.0 cm³/mol. The standard InChI is InChI=1S/C9H14N2O3S/c1-2-10(5-6-12)7-8-3-4-9(15-8)11(13)14/h3-4,12H,2,5-7H2,1H3. The van der Waals surface area contributed by atoms with E-state index in [1.165, 1.54) is 17.4 Å². The van der Waals surface area contributed by atoms with Crippen LogP contribution < -0.4 is 0 Å². The molecule has 0 radical (unpaired) electrons. The zero-order valence-electron chi connectivity index (χ0n) is 8.55. The van der Waals surface area contributed by atoms with Gasteiger partial charge in [-0.1, -0.05) is 18.3 Å². The maximum atomic E-state index is 10.5. The molecule has 1 rings (SSSR count). The molecule has 84 valence electrons. The molecule has 0 aliphatic rings. The first-order valence-corrected chi connectivity index (χ1v) is 5.55. The van der Waals surface area contributed by atoms with Gasteiger partial charge in [0.15, 0.2) is 0 Å². The predicted octanol–water partition coefficient (Wildman–Crippen LogP) is 1.47. The molecule has 0 atom stereocenters. The second-order valence-electron chi connectivity index (χ2n) is 3.09. The van der Waals surface area contributed by atoms with Gasteiger partial charge in [-0.05, 0) is 12.6 Å². The van der Waals surface area contributed by atoms with Gasteiger partial charge < -0.3 is 5.11 Å². The van der Waals surface area contributed by atoms with Gasteiger partial charge in [-0.25, -0.2) is 0 Å². The normalized spacial score (nSPS) is 10.9. The van der Waals surface area contributed by atoms with E-state index < -0.39 is 0 Å². The zero-order chi connectivity index (χ0) is 11.3. The first-order valence-electron chi connectivity index (χ1n) is 4.73. The van der Waals surface area contributed by atoms with E-state index in [0.29, 0.717) is 13.1 Å². The smallest absolute Gasteiger partial charge is 0.324 e. The molecule has 0 aromatic carbocycles. The number of hydrogen-bond donors (Lipinski definition) is 1. The lowest BCUT2D eigenvalue weighted by molar-refractivity contribution is -0.380. The van der Waals surface area contributed by atoms with Gasteiger partial charge in [0.1, 0.15) is 0 Å². The molecule has 0 bridgehead atoms. The molecule has 1 N–H and O–H groups in total. The maximum absolute atomic E-state index is 10.5. The highest BCUT2D eigenvalue weighted by Crippen LogP contribution is 2.24. The lowest BCUT2D eigenvalue weighted by Crippen LogP contribution is -2.25. The summed E-state index contributed by atoms with van der Waals surface area (Å²) in [6.45, 7) is 4.20. The Morgan fingerprint density at radius 2 is 2.33 bits per heavy atom. The van der Waals surface area contributed by atoms with E-state index in [-0.39, 0.29) is 16.5 Å². The van der Waals surface area contributed by atoms with Crippen molar-refractivity contribution >= 4 is 16.3 Å². The lowest BCUT2D eigenvalue weighted by atomic mass is 10.4. The molecule has 0 saturated carbocycles. The average molecular weight is 230 g/mol. The molecule has 1 heterocycles. The van der Waals surface area contributed by atoms with E-state index in [1.807, 2.05) is 11.8 Å². The third-order valence-electron chi connectivity index (χ3n) is 2.07. The molecule has 0 aliphatic carbocycles. The van der Waals surface area contributed by atoms with Crippen molar-refractivity contribution < 1.29 is 10.0 Å². The van der Waals surface area contributed by atoms with E-state index in [1.54, 1.807) is 6.07 Å². The van der Waals surface area contributed by atoms with Crippen LogP contribution in [0.25, 0.3) is 0 Å². The Labute approximate surface area is 92.1 Å². The number of nitrogens with zero attached hydrogens (tertiary/aromatic N) is 2. The van der Waals surface area contributed by atoms with Crippen LogP contribution in [-0.4, -0.2) is 34.6 Å². The highest BCUT2D eigenvalue weighted by atomic mass is 32.1. The molecule has 0 amide bonds. The van der Waals surface area contributed by atoms with E-state index >= 15 is 0 Å². The monoisotopic (exact) mass is 230 g/mol. The molecule has 15 heavy (non-hydrogen) atoms. The number of nitro groups is 1. The summed E-state index contributed by atoms with van der Waals surface area (Å²) in [5.74, 6) is 0. The Kier molecular flexibility index (Phi) is 4.67. The second-order valence-corrected chi connectivity index (χ2v) is 4.24. The minimum absolute atomic E-state index is 0.112. The molecule has 5 nitrogen and oxygen atoms in total. The van der Waals surface area contributed by atoms with Crippen molar-refractivity contribution in [3.63, 3.8) is 0 Å². The summed E-state index contributed by atoms with van der Waals surface area (Å²) >= 11 is 1.19. The quantitative estimate of drug-likeness (QED) is 0.593. The van der Waals surface area contributed by atoms with Gasteiger partial charge in [-0.3, -0.25) is 15.0 Å². The number of likely N-dealkylation sites (N-methyl/N-ethyl adjacent to an activating group) is 1. The molecule has 1 aromatic rings. The van der Waals surface area contributed by atoms with Gasteiger partial charge in [0.05, 0.1) is 11.5 Å². The summed E-state index contributed by atoms with van der Waals surface area (Å²) in [5, 5.41) is 19.4. The van der Waals surface area contributed by atoms with E-state index in [2.05, 4.69) is 0 Å². The van der Waals surface area contributed by atoms with E-state index in [0.717, 1.165) is 11.4 Å². The van der Waals surface area contributed by atoms with Crippen molar-refractivity contribution in [1.29, 1.82) is 0 Å². The van der Waals surface area contributed by atoms with Gasteiger partial charge in [-0.15, -0.1) is 0 Å². The first-order chi connectivity index (χ1) is 7.17. The van der Waals surface area contributed by atoms with Crippen LogP contribution in [0.2, 0.25) is 0 Å². The topological polar surface area (TPSA) is 66.6 Å². The SMILES string of the molecule is CCN(CCO)Cc1ccc([N+](=O)[O-])s1. The summed E-state index contributed by atoms with van der Waals surface area (Å²) in [6.07, 6.45) is 0. The van der Waals surface area contributed by atoms with Crippen LogP contribution in [0.3, 0.4) is 0 Å². The van der Waals surface area contributed by atoms with Gasteiger partial charge in [0.25, 0.3) is 0 Å². The van der Waals surface area contributed by atoms with Crippen LogP contribution in [0.5, 0.6) is 0 Å². The van der Waals surface area contributed by atoms with Crippen molar-refractivity contribution in [3.05, 3.63) is 27.1 Å². The van der Waals surface area contributed by atoms with Crippen molar-refractivity contribution in [2.75, 3.05) is 19.7 Å². The number of aliphatic hydroxyl groups is 1. The molecule has 0 aliphatic heterocycles. The summed E-state index contributed by atoms with van der Waals surface area (Å²) in [4.78, 5) is 13.1. The van der Waals surface area contributed by atoms with Gasteiger partial charge >= 0.3 is 5.00 Å². The fourth-order valence-corrected chi connectivity index (χ4v) is 2.12. The Bertz CT molecular complexity index is 327. The number of thiophene rings is 1. The Hall–Kier alpha value is -0.980. The highest BCUT2D eigenvalue weighted by Gasteiger charge is 2.11.